The molecule has 3 fully saturated rings. The quantitative estimate of drug-likeness (QED) is 0.769. The van der Waals surface area contributed by atoms with E-state index in [-0.39, 0.29) is 0 Å². The van der Waals surface area contributed by atoms with E-state index in [1.165, 1.54) is 96.3 Å². The van der Waals surface area contributed by atoms with Gasteiger partial charge in [-0.05, 0) is 51.4 Å². The van der Waals surface area contributed by atoms with Gasteiger partial charge in [-0.1, -0.05) is 44.9 Å². The molecule has 0 unspecified atom stereocenters. The summed E-state index contributed by atoms with van der Waals surface area (Å²) in [4.78, 5) is 3.05. The fourth-order valence-electron chi connectivity index (χ4n) is 5.23. The third kappa shape index (κ3) is 4.22. The lowest BCUT2D eigenvalue weighted by Gasteiger charge is -2.47. The van der Waals surface area contributed by atoms with Crippen LogP contribution in [-0.4, -0.2) is 29.1 Å². The Labute approximate surface area is 131 Å². The molecule has 0 saturated heterocycles. The van der Waals surface area contributed by atoms with Gasteiger partial charge in [0, 0.05) is 24.2 Å². The molecule has 0 atom stereocenters. The van der Waals surface area contributed by atoms with Crippen molar-refractivity contribution in [3.8, 4) is 0 Å². The largest absolute Gasteiger partial charge is 0.328 e. The first-order chi connectivity index (χ1) is 10.3. The van der Waals surface area contributed by atoms with Crippen molar-refractivity contribution >= 4 is 0 Å². The van der Waals surface area contributed by atoms with Gasteiger partial charge in [-0.25, -0.2) is 0 Å². The second-order valence-electron chi connectivity index (χ2n) is 7.95. The third-order valence-electron chi connectivity index (χ3n) is 6.41. The maximum Gasteiger partial charge on any atom is 0.0102 e. The molecule has 3 aliphatic carbocycles. The maximum absolute atomic E-state index is 6.16. The highest BCUT2D eigenvalue weighted by atomic mass is 15.2. The minimum absolute atomic E-state index is 0.489. The second kappa shape index (κ2) is 7.97. The molecule has 3 rings (SSSR count). The van der Waals surface area contributed by atoms with Crippen molar-refractivity contribution in [2.24, 2.45) is 5.73 Å². The van der Waals surface area contributed by atoms with Gasteiger partial charge in [0.25, 0.3) is 0 Å². The average Bonchev–Trinajstić information content (AvgIpc) is 2.80. The molecule has 122 valence electrons. The van der Waals surface area contributed by atoms with Crippen LogP contribution in [0.4, 0.5) is 0 Å². The normalized spacial score (nSPS) is 34.0. The summed E-state index contributed by atoms with van der Waals surface area (Å²) >= 11 is 0. The standard InChI is InChI=1S/C19H36N2/c20-16-12-14-19(15-13-16)21(18-10-6-3-7-11-18)17-8-4-1-2-5-9-17/h16-19H,1-15,20H2. The Morgan fingerprint density at radius 2 is 0.857 bits per heavy atom. The molecule has 2 nitrogen and oxygen atoms in total. The topological polar surface area (TPSA) is 29.3 Å². The molecule has 0 aliphatic heterocycles. The zero-order chi connectivity index (χ0) is 14.5. The molecular weight excluding hydrogens is 256 g/mol. The van der Waals surface area contributed by atoms with E-state index in [0.29, 0.717) is 6.04 Å². The predicted octanol–water partition coefficient (Wildman–Crippen LogP) is 4.61. The van der Waals surface area contributed by atoms with Crippen molar-refractivity contribution < 1.29 is 0 Å². The first-order valence-electron chi connectivity index (χ1n) is 9.87. The third-order valence-corrected chi connectivity index (χ3v) is 6.41. The van der Waals surface area contributed by atoms with Crippen LogP contribution in [0.1, 0.15) is 96.3 Å². The van der Waals surface area contributed by atoms with Crippen LogP contribution in [0, 0.1) is 0 Å². The van der Waals surface area contributed by atoms with Crippen LogP contribution in [-0.2, 0) is 0 Å². The van der Waals surface area contributed by atoms with Crippen LogP contribution >= 0.6 is 0 Å². The van der Waals surface area contributed by atoms with Gasteiger partial charge in [-0.3, -0.25) is 4.90 Å². The summed E-state index contributed by atoms with van der Waals surface area (Å²) < 4.78 is 0. The highest BCUT2D eigenvalue weighted by Gasteiger charge is 2.34. The van der Waals surface area contributed by atoms with Crippen LogP contribution in [0.25, 0.3) is 0 Å². The van der Waals surface area contributed by atoms with Crippen LogP contribution < -0.4 is 5.73 Å². The van der Waals surface area contributed by atoms with E-state index in [1.807, 2.05) is 0 Å². The van der Waals surface area contributed by atoms with E-state index in [2.05, 4.69) is 4.90 Å². The lowest BCUT2D eigenvalue weighted by molar-refractivity contribution is 0.0288. The lowest BCUT2D eigenvalue weighted by atomic mass is 9.85. The Balaban J connectivity index is 1.69. The number of hydrogen-bond donors (Lipinski definition) is 1. The molecule has 3 saturated carbocycles. The van der Waals surface area contributed by atoms with Gasteiger partial charge in [-0.15, -0.1) is 0 Å². The molecule has 3 aliphatic rings. The first-order valence-corrected chi connectivity index (χ1v) is 9.87. The molecule has 0 amide bonds. The summed E-state index contributed by atoms with van der Waals surface area (Å²) in [6.07, 6.45) is 21.5. The number of rotatable bonds is 3. The Kier molecular flexibility index (Phi) is 5.99. The minimum Gasteiger partial charge on any atom is -0.328 e. The van der Waals surface area contributed by atoms with E-state index in [1.54, 1.807) is 0 Å². The van der Waals surface area contributed by atoms with Crippen molar-refractivity contribution in [2.75, 3.05) is 0 Å². The lowest BCUT2D eigenvalue weighted by Crippen LogP contribution is -2.52. The van der Waals surface area contributed by atoms with Crippen molar-refractivity contribution in [1.82, 2.24) is 4.90 Å². The SMILES string of the molecule is NC1CCC(N(C2CCCCCC2)C2CCCCC2)CC1. The molecule has 0 aromatic carbocycles. The van der Waals surface area contributed by atoms with E-state index < -0.39 is 0 Å². The van der Waals surface area contributed by atoms with Crippen LogP contribution in [0.5, 0.6) is 0 Å². The average molecular weight is 293 g/mol. The van der Waals surface area contributed by atoms with E-state index in [9.17, 15) is 0 Å². The van der Waals surface area contributed by atoms with Crippen molar-refractivity contribution in [2.45, 2.75) is 120 Å². The second-order valence-corrected chi connectivity index (χ2v) is 7.95. The molecule has 2 heteroatoms. The van der Waals surface area contributed by atoms with Gasteiger partial charge in [0.05, 0.1) is 0 Å². The number of nitrogens with two attached hydrogens (primary N) is 1. The van der Waals surface area contributed by atoms with E-state index >= 15 is 0 Å². The number of hydrogen-bond acceptors (Lipinski definition) is 2. The highest BCUT2D eigenvalue weighted by Crippen LogP contribution is 2.35. The molecule has 0 radical (unpaired) electrons. The fraction of sp³-hybridized carbons (Fsp3) is 1.00. The Morgan fingerprint density at radius 1 is 0.476 bits per heavy atom. The highest BCUT2D eigenvalue weighted by molar-refractivity contribution is 4.90. The summed E-state index contributed by atoms with van der Waals surface area (Å²) in [5.74, 6) is 0. The van der Waals surface area contributed by atoms with Gasteiger partial charge < -0.3 is 5.73 Å². The van der Waals surface area contributed by atoms with Crippen molar-refractivity contribution in [3.05, 3.63) is 0 Å². The monoisotopic (exact) mass is 292 g/mol. The summed E-state index contributed by atoms with van der Waals surface area (Å²) in [5.41, 5.74) is 6.16. The Bertz CT molecular complexity index is 282. The summed E-state index contributed by atoms with van der Waals surface area (Å²) in [7, 11) is 0. The number of nitrogens with zero attached hydrogens (tertiary/aromatic N) is 1. The zero-order valence-corrected chi connectivity index (χ0v) is 13.9. The smallest absolute Gasteiger partial charge is 0.0102 e. The Morgan fingerprint density at radius 3 is 1.33 bits per heavy atom. The summed E-state index contributed by atoms with van der Waals surface area (Å²) in [5, 5.41) is 0. The first kappa shape index (κ1) is 15.8. The van der Waals surface area contributed by atoms with E-state index in [0.717, 1.165) is 18.1 Å². The molecule has 2 N–H and O–H groups in total. The summed E-state index contributed by atoms with van der Waals surface area (Å²) in [6, 6.07) is 3.15. The van der Waals surface area contributed by atoms with Gasteiger partial charge in [0.2, 0.25) is 0 Å². The molecule has 0 spiro atoms. The maximum atomic E-state index is 6.16. The fourth-order valence-corrected chi connectivity index (χ4v) is 5.23. The summed E-state index contributed by atoms with van der Waals surface area (Å²) in [6.45, 7) is 0. The molecule has 0 heterocycles. The van der Waals surface area contributed by atoms with Gasteiger partial charge in [0.1, 0.15) is 0 Å². The molecule has 0 aromatic heterocycles. The molecular formula is C19H36N2. The zero-order valence-electron chi connectivity index (χ0n) is 13.9. The van der Waals surface area contributed by atoms with Gasteiger partial charge >= 0.3 is 0 Å². The predicted molar refractivity (Wildman–Crippen MR) is 90.4 cm³/mol. The van der Waals surface area contributed by atoms with Crippen LogP contribution in [0.3, 0.4) is 0 Å². The van der Waals surface area contributed by atoms with Gasteiger partial charge in [0.15, 0.2) is 0 Å². The van der Waals surface area contributed by atoms with Crippen molar-refractivity contribution in [3.63, 3.8) is 0 Å². The van der Waals surface area contributed by atoms with Crippen LogP contribution in [0.15, 0.2) is 0 Å². The Hall–Kier alpha value is -0.0800. The van der Waals surface area contributed by atoms with Crippen molar-refractivity contribution in [1.29, 1.82) is 0 Å². The van der Waals surface area contributed by atoms with Crippen LogP contribution in [0.2, 0.25) is 0 Å². The molecule has 0 aromatic rings. The molecule has 21 heavy (non-hydrogen) atoms. The minimum atomic E-state index is 0.489. The van der Waals surface area contributed by atoms with E-state index in [4.69, 9.17) is 5.73 Å². The van der Waals surface area contributed by atoms with Gasteiger partial charge in [-0.2, -0.15) is 0 Å². The molecule has 0 bridgehead atoms.